The van der Waals surface area contributed by atoms with Gasteiger partial charge in [-0.1, -0.05) is 26.0 Å². The highest BCUT2D eigenvalue weighted by Crippen LogP contribution is 2.18. The first-order valence-corrected chi connectivity index (χ1v) is 18.0. The number of carboxylic acids is 1. The maximum absolute atomic E-state index is 11.8. The van der Waals surface area contributed by atoms with Crippen molar-refractivity contribution in [1.82, 2.24) is 54.9 Å². The number of carboxylic acid groups (broad SMARTS) is 1. The molecule has 6 heterocycles. The minimum Gasteiger partial charge on any atom is -0.476 e. The molecule has 317 valence electrons. The van der Waals surface area contributed by atoms with Crippen molar-refractivity contribution in [2.75, 3.05) is 18.8 Å². The Morgan fingerprint density at radius 1 is 0.672 bits per heavy atom. The number of rotatable bonds is 3. The van der Waals surface area contributed by atoms with Gasteiger partial charge in [0.05, 0.1) is 35.2 Å². The number of aryl methyl sites for hydroxylation is 6. The Kier molecular flexibility index (Phi) is 22.8. The van der Waals surface area contributed by atoms with Crippen LogP contribution in [0.3, 0.4) is 0 Å². The summed E-state index contributed by atoms with van der Waals surface area (Å²) < 4.78 is 2.99. The molecule has 6 aromatic heterocycles. The zero-order valence-electron chi connectivity index (χ0n) is 35.3. The monoisotopic (exact) mass is 824 g/mol. The van der Waals surface area contributed by atoms with E-state index in [1.807, 2.05) is 96.9 Å². The number of fused-ring (bicyclic) bond motifs is 2. The molecule has 6 rings (SSSR count). The maximum Gasteiger partial charge on any atom is 0.356 e. The topological polar surface area (TPSA) is 230 Å². The van der Waals surface area contributed by atoms with Crippen molar-refractivity contribution in [3.8, 4) is 0 Å². The van der Waals surface area contributed by atoms with Gasteiger partial charge in [0.2, 0.25) is 0 Å². The third kappa shape index (κ3) is 13.0. The Morgan fingerprint density at radius 2 is 1.05 bits per heavy atom. The van der Waals surface area contributed by atoms with Crippen LogP contribution in [0.5, 0.6) is 0 Å². The van der Waals surface area contributed by atoms with E-state index in [0.717, 1.165) is 79.5 Å². The Hall–Kier alpha value is -5.62. The molecule has 1 amide bonds. The van der Waals surface area contributed by atoms with Crippen molar-refractivity contribution in [3.05, 3.63) is 96.2 Å². The van der Waals surface area contributed by atoms with Crippen LogP contribution in [0, 0.1) is 83.1 Å². The molecule has 0 aliphatic rings. The fourth-order valence-corrected chi connectivity index (χ4v) is 4.90. The number of anilines is 1. The first-order valence-electron chi connectivity index (χ1n) is 17.6. The van der Waals surface area contributed by atoms with Crippen LogP contribution >= 0.6 is 11.6 Å². The number of hydrogen-bond acceptors (Lipinski definition) is 12. The molecule has 0 saturated heterocycles. The number of nitrogen functional groups attached to an aromatic ring is 1. The predicted octanol–water partition coefficient (Wildman–Crippen LogP) is 6.42. The minimum absolute atomic E-state index is 0. The van der Waals surface area contributed by atoms with Gasteiger partial charge in [0, 0.05) is 16.4 Å². The minimum atomic E-state index is -1.02. The molecule has 6 N–H and O–H groups in total. The zero-order valence-corrected chi connectivity index (χ0v) is 36.1. The largest absolute Gasteiger partial charge is 0.476 e. The van der Waals surface area contributed by atoms with E-state index in [1.54, 1.807) is 10.7 Å². The van der Waals surface area contributed by atoms with Crippen LogP contribution in [-0.4, -0.2) is 88.1 Å². The smallest absolute Gasteiger partial charge is 0.356 e. The van der Waals surface area contributed by atoms with Crippen molar-refractivity contribution in [3.63, 3.8) is 0 Å². The fraction of sp³-hybridized carbons (Fsp3) is 0.436. The first-order chi connectivity index (χ1) is 25.7. The van der Waals surface area contributed by atoms with Crippen LogP contribution in [0.15, 0.2) is 12.4 Å². The van der Waals surface area contributed by atoms with Crippen LogP contribution in [0.25, 0.3) is 11.3 Å². The fourth-order valence-electron chi connectivity index (χ4n) is 4.72. The van der Waals surface area contributed by atoms with E-state index in [1.165, 1.54) is 10.7 Å². The molecule has 0 aliphatic heterocycles. The number of nitrogens with zero attached hydrogens (tertiary/aromatic N) is 10. The van der Waals surface area contributed by atoms with E-state index in [-0.39, 0.29) is 33.6 Å². The van der Waals surface area contributed by atoms with Crippen LogP contribution in [0.4, 0.5) is 10.5 Å². The average molecular weight is 825 g/mol. The van der Waals surface area contributed by atoms with Crippen LogP contribution < -0.4 is 16.8 Å². The number of imidazole rings is 2. The highest BCUT2D eigenvalue weighted by atomic mass is 35.5. The van der Waals surface area contributed by atoms with Crippen molar-refractivity contribution < 1.29 is 20.8 Å². The molecule has 0 aromatic carbocycles. The van der Waals surface area contributed by atoms with Gasteiger partial charge in [-0.3, -0.25) is 9.50 Å². The van der Waals surface area contributed by atoms with Gasteiger partial charge in [-0.25, -0.2) is 23.8 Å². The van der Waals surface area contributed by atoms with E-state index < -0.39 is 5.97 Å². The number of nitrogens with one attached hydrogen (secondary N) is 1. The number of aromatic nitrogens is 10. The quantitative estimate of drug-likeness (QED) is 0.142. The predicted molar refractivity (Wildman–Crippen MR) is 233 cm³/mol. The Labute approximate surface area is 349 Å². The van der Waals surface area contributed by atoms with E-state index in [9.17, 15) is 9.59 Å². The van der Waals surface area contributed by atoms with E-state index in [2.05, 4.69) is 45.9 Å². The Bertz CT molecular complexity index is 2210. The molecule has 3 radical (unpaired) electrons. The lowest BCUT2D eigenvalue weighted by molar-refractivity contribution is 0.0687. The second kappa shape index (κ2) is 24.2. The van der Waals surface area contributed by atoms with Gasteiger partial charge in [0.25, 0.3) is 5.91 Å². The number of hydrogen-bond donors (Lipinski definition) is 4. The standard InChI is InChI=1S/C12H16N4O.C10H11N3O2.C7H9ClN2.C7H11N3.C2H7N.CH4.B.FH.H2/c1-5-13-12(17)10-6-14-11-8(3)7(2)9(4)15-16(10)11;1-5-6(2)9-11-4-8(10(14)15)13(9)12-7(5)3;2*1-4-5(2)7(8)10-9-6(4)3;1-2-3;;;;/h6H,5H2,1-4H3,(H,13,17);4H,1-3H3,(H,14,15);1-3H3;1-3H3,(H2,8,10);2-3H2,1H3;1H4;;2*1H. The van der Waals surface area contributed by atoms with Gasteiger partial charge >= 0.3 is 5.97 Å². The molecule has 0 spiro atoms. The molecular formula is C39H61BClFN13O3. The molecular weight excluding hydrogens is 764 g/mol. The molecule has 0 saturated carbocycles. The summed E-state index contributed by atoms with van der Waals surface area (Å²) in [6.07, 6.45) is 2.90. The van der Waals surface area contributed by atoms with E-state index in [4.69, 9.17) is 28.2 Å². The summed E-state index contributed by atoms with van der Waals surface area (Å²) in [5.41, 5.74) is 24.4. The number of carbonyl (C=O) groups is 2. The Balaban J connectivity index is -0.000000692. The van der Waals surface area contributed by atoms with Crippen LogP contribution in [0.1, 0.15) is 111 Å². The third-order valence-electron chi connectivity index (χ3n) is 9.15. The Morgan fingerprint density at radius 3 is 1.45 bits per heavy atom. The summed E-state index contributed by atoms with van der Waals surface area (Å²) in [4.78, 5) is 31.0. The summed E-state index contributed by atoms with van der Waals surface area (Å²) in [5.74, 6) is -0.629. The number of amides is 1. The summed E-state index contributed by atoms with van der Waals surface area (Å²) in [6.45, 7) is 28.5. The van der Waals surface area contributed by atoms with E-state index >= 15 is 0 Å². The molecule has 0 bridgehead atoms. The lowest BCUT2D eigenvalue weighted by atomic mass is 10.1. The lowest BCUT2D eigenvalue weighted by Gasteiger charge is -2.07. The highest BCUT2D eigenvalue weighted by Gasteiger charge is 2.16. The van der Waals surface area contributed by atoms with Crippen LogP contribution in [-0.2, 0) is 0 Å². The molecule has 19 heteroatoms. The second-order valence-corrected chi connectivity index (χ2v) is 13.1. The lowest BCUT2D eigenvalue weighted by Crippen LogP contribution is -2.24. The van der Waals surface area contributed by atoms with Gasteiger partial charge in [0.1, 0.15) is 11.5 Å². The van der Waals surface area contributed by atoms with Crippen molar-refractivity contribution in [2.24, 2.45) is 5.73 Å². The normalized spacial score (nSPS) is 9.72. The van der Waals surface area contributed by atoms with Crippen molar-refractivity contribution >= 4 is 49.0 Å². The number of nitrogens with two attached hydrogens (primary N) is 2. The zero-order chi connectivity index (χ0) is 41.9. The first kappa shape index (κ1) is 54.5. The maximum atomic E-state index is 11.8. The highest BCUT2D eigenvalue weighted by molar-refractivity contribution is 6.30. The second-order valence-electron chi connectivity index (χ2n) is 12.7. The third-order valence-corrected chi connectivity index (χ3v) is 9.50. The molecule has 0 atom stereocenters. The van der Waals surface area contributed by atoms with Crippen molar-refractivity contribution in [1.29, 1.82) is 0 Å². The van der Waals surface area contributed by atoms with Gasteiger partial charge in [-0.2, -0.15) is 20.4 Å². The number of carbonyl (C=O) groups excluding carboxylic acids is 1. The summed E-state index contributed by atoms with van der Waals surface area (Å²) in [7, 11) is 0. The summed E-state index contributed by atoms with van der Waals surface area (Å²) in [5, 5.41) is 36.0. The average Bonchev–Trinajstić information content (AvgIpc) is 3.77. The SMILES string of the molecule is C.CCN.CCNC(=O)c1cnc2c(C)c(C)c(C)nn12.Cc1nn2c(C(=O)O)cnc2c(C)c1C.Cc1nnc(Cl)c(C)c1C.Cc1nnc(N)c(C)c1C.F.[B].[HH]. The summed E-state index contributed by atoms with van der Waals surface area (Å²) in [6, 6.07) is 0. The van der Waals surface area contributed by atoms with Gasteiger partial charge < -0.3 is 21.9 Å². The molecule has 6 aromatic rings. The van der Waals surface area contributed by atoms with Gasteiger partial charge in [0.15, 0.2) is 22.1 Å². The number of halogens is 2. The summed E-state index contributed by atoms with van der Waals surface area (Å²) >= 11 is 5.71. The molecule has 16 nitrogen and oxygen atoms in total. The van der Waals surface area contributed by atoms with E-state index in [0.29, 0.717) is 28.9 Å². The molecule has 0 aliphatic carbocycles. The molecule has 0 unspecified atom stereocenters. The molecule has 0 fully saturated rings. The van der Waals surface area contributed by atoms with Gasteiger partial charge in [-0.15, -0.1) is 10.2 Å². The van der Waals surface area contributed by atoms with Crippen LogP contribution in [0.2, 0.25) is 5.15 Å². The van der Waals surface area contributed by atoms with Gasteiger partial charge in [-0.05, 0) is 141 Å². The van der Waals surface area contributed by atoms with Crippen molar-refractivity contribution in [2.45, 2.75) is 104 Å². The number of aromatic carboxylic acids is 1. The molecule has 58 heavy (non-hydrogen) atoms.